The van der Waals surface area contributed by atoms with Crippen LogP contribution in [-0.4, -0.2) is 36.1 Å². The van der Waals surface area contributed by atoms with Crippen LogP contribution in [0, 0.1) is 5.92 Å². The average molecular weight is 254 g/mol. The van der Waals surface area contributed by atoms with E-state index in [1.165, 1.54) is 45.2 Å². The van der Waals surface area contributed by atoms with E-state index < -0.39 is 0 Å². The van der Waals surface area contributed by atoms with Gasteiger partial charge in [0.15, 0.2) is 0 Å². The van der Waals surface area contributed by atoms with Gasteiger partial charge in [-0.3, -0.25) is 4.90 Å². The summed E-state index contributed by atoms with van der Waals surface area (Å²) in [6.07, 6.45) is 6.56. The van der Waals surface area contributed by atoms with Crippen LogP contribution in [0.15, 0.2) is 0 Å². The smallest absolute Gasteiger partial charge is 0.0224 e. The van der Waals surface area contributed by atoms with E-state index in [2.05, 4.69) is 44.8 Å². The first kappa shape index (κ1) is 16.0. The fraction of sp³-hybridized carbons (Fsp3) is 1.00. The van der Waals surface area contributed by atoms with Gasteiger partial charge < -0.3 is 5.32 Å². The van der Waals surface area contributed by atoms with Crippen molar-refractivity contribution in [3.8, 4) is 0 Å². The number of piperazine rings is 1. The Bertz CT molecular complexity index is 211. The summed E-state index contributed by atoms with van der Waals surface area (Å²) >= 11 is 0. The predicted molar refractivity (Wildman–Crippen MR) is 81.0 cm³/mol. The zero-order valence-electron chi connectivity index (χ0n) is 13.2. The maximum Gasteiger partial charge on any atom is 0.0224 e. The molecule has 1 rings (SSSR count). The fourth-order valence-corrected chi connectivity index (χ4v) is 3.42. The lowest BCUT2D eigenvalue weighted by atomic mass is 9.95. The third kappa shape index (κ3) is 4.55. The zero-order chi connectivity index (χ0) is 13.5. The average Bonchev–Trinajstić information content (AvgIpc) is 2.33. The standard InChI is InChI=1S/C16H34N2/c1-6-9-16-11-17-14(10-13(4)5)12-18(16)15(7-2)8-3/h13-17H,6-12H2,1-5H3. The third-order valence-electron chi connectivity index (χ3n) is 4.33. The van der Waals surface area contributed by atoms with Crippen LogP contribution in [-0.2, 0) is 0 Å². The summed E-state index contributed by atoms with van der Waals surface area (Å²) in [5.74, 6) is 0.800. The molecule has 0 amide bonds. The summed E-state index contributed by atoms with van der Waals surface area (Å²) < 4.78 is 0. The molecule has 0 bridgehead atoms. The van der Waals surface area contributed by atoms with Crippen LogP contribution in [0.1, 0.15) is 66.7 Å². The molecule has 2 atom stereocenters. The van der Waals surface area contributed by atoms with Crippen LogP contribution >= 0.6 is 0 Å². The third-order valence-corrected chi connectivity index (χ3v) is 4.33. The van der Waals surface area contributed by atoms with Gasteiger partial charge in [0.1, 0.15) is 0 Å². The van der Waals surface area contributed by atoms with Gasteiger partial charge in [-0.15, -0.1) is 0 Å². The number of nitrogens with zero attached hydrogens (tertiary/aromatic N) is 1. The molecule has 18 heavy (non-hydrogen) atoms. The maximum absolute atomic E-state index is 3.78. The molecule has 0 radical (unpaired) electrons. The van der Waals surface area contributed by atoms with Crippen molar-refractivity contribution in [1.29, 1.82) is 0 Å². The van der Waals surface area contributed by atoms with E-state index in [4.69, 9.17) is 0 Å². The van der Waals surface area contributed by atoms with Crippen LogP contribution < -0.4 is 5.32 Å². The molecular formula is C16H34N2. The molecule has 2 nitrogen and oxygen atoms in total. The summed E-state index contributed by atoms with van der Waals surface area (Å²) in [6.45, 7) is 14.1. The normalized spacial score (nSPS) is 26.2. The van der Waals surface area contributed by atoms with Crippen LogP contribution in [0.3, 0.4) is 0 Å². The molecule has 1 N–H and O–H groups in total. The molecule has 0 saturated carbocycles. The highest BCUT2D eigenvalue weighted by Gasteiger charge is 2.30. The number of hydrogen-bond donors (Lipinski definition) is 1. The molecule has 108 valence electrons. The molecule has 0 aromatic heterocycles. The summed E-state index contributed by atoms with van der Waals surface area (Å²) in [7, 11) is 0. The quantitative estimate of drug-likeness (QED) is 0.746. The fourth-order valence-electron chi connectivity index (χ4n) is 3.42. The lowest BCUT2D eigenvalue weighted by Gasteiger charge is -2.45. The minimum Gasteiger partial charge on any atom is -0.311 e. The van der Waals surface area contributed by atoms with E-state index >= 15 is 0 Å². The summed E-state index contributed by atoms with van der Waals surface area (Å²) in [5.41, 5.74) is 0. The molecule has 1 aliphatic heterocycles. The van der Waals surface area contributed by atoms with Gasteiger partial charge in [0.25, 0.3) is 0 Å². The van der Waals surface area contributed by atoms with Crippen LogP contribution in [0.25, 0.3) is 0 Å². The minimum atomic E-state index is 0.707. The van der Waals surface area contributed by atoms with Gasteiger partial charge in [-0.05, 0) is 31.6 Å². The highest BCUT2D eigenvalue weighted by atomic mass is 15.3. The Hall–Kier alpha value is -0.0800. The van der Waals surface area contributed by atoms with Gasteiger partial charge in [0, 0.05) is 31.2 Å². The second-order valence-corrected chi connectivity index (χ2v) is 6.34. The lowest BCUT2D eigenvalue weighted by molar-refractivity contribution is 0.0661. The molecule has 1 saturated heterocycles. The molecule has 2 heteroatoms. The first-order valence-corrected chi connectivity index (χ1v) is 8.11. The van der Waals surface area contributed by atoms with Crippen LogP contribution in [0.4, 0.5) is 0 Å². The molecule has 1 heterocycles. The summed E-state index contributed by atoms with van der Waals surface area (Å²) in [4.78, 5) is 2.81. The monoisotopic (exact) mass is 254 g/mol. The number of hydrogen-bond acceptors (Lipinski definition) is 2. The molecule has 0 spiro atoms. The van der Waals surface area contributed by atoms with E-state index in [9.17, 15) is 0 Å². The Morgan fingerprint density at radius 3 is 2.33 bits per heavy atom. The summed E-state index contributed by atoms with van der Waals surface area (Å²) in [6, 6.07) is 2.26. The first-order valence-electron chi connectivity index (χ1n) is 8.11. The molecule has 0 aromatic rings. The van der Waals surface area contributed by atoms with Crippen molar-refractivity contribution in [1.82, 2.24) is 10.2 Å². The van der Waals surface area contributed by atoms with Crippen molar-refractivity contribution in [3.05, 3.63) is 0 Å². The Morgan fingerprint density at radius 2 is 1.83 bits per heavy atom. The van der Waals surface area contributed by atoms with Crippen molar-refractivity contribution in [2.45, 2.75) is 84.8 Å². The molecule has 1 aliphatic rings. The largest absolute Gasteiger partial charge is 0.311 e. The van der Waals surface area contributed by atoms with Crippen molar-refractivity contribution < 1.29 is 0 Å². The topological polar surface area (TPSA) is 15.3 Å². The van der Waals surface area contributed by atoms with E-state index in [-0.39, 0.29) is 0 Å². The van der Waals surface area contributed by atoms with Gasteiger partial charge in [0.2, 0.25) is 0 Å². The van der Waals surface area contributed by atoms with Gasteiger partial charge in [-0.25, -0.2) is 0 Å². The molecule has 0 aliphatic carbocycles. The number of nitrogens with one attached hydrogen (secondary N) is 1. The second-order valence-electron chi connectivity index (χ2n) is 6.34. The van der Waals surface area contributed by atoms with Gasteiger partial charge >= 0.3 is 0 Å². The zero-order valence-corrected chi connectivity index (χ0v) is 13.2. The molecular weight excluding hydrogens is 220 g/mol. The molecule has 2 unspecified atom stereocenters. The van der Waals surface area contributed by atoms with Crippen LogP contribution in [0.5, 0.6) is 0 Å². The van der Waals surface area contributed by atoms with Crippen LogP contribution in [0.2, 0.25) is 0 Å². The van der Waals surface area contributed by atoms with Gasteiger partial charge in [-0.2, -0.15) is 0 Å². The molecule has 0 aromatic carbocycles. The second kappa shape index (κ2) is 8.16. The van der Waals surface area contributed by atoms with Crippen molar-refractivity contribution in [3.63, 3.8) is 0 Å². The highest BCUT2D eigenvalue weighted by Crippen LogP contribution is 2.21. The Morgan fingerprint density at radius 1 is 1.17 bits per heavy atom. The van der Waals surface area contributed by atoms with Gasteiger partial charge in [-0.1, -0.05) is 41.0 Å². The van der Waals surface area contributed by atoms with E-state index in [1.54, 1.807) is 0 Å². The minimum absolute atomic E-state index is 0.707. The maximum atomic E-state index is 3.78. The van der Waals surface area contributed by atoms with Crippen molar-refractivity contribution >= 4 is 0 Å². The lowest BCUT2D eigenvalue weighted by Crippen LogP contribution is -2.59. The first-order chi connectivity index (χ1) is 8.62. The number of rotatable bonds is 7. The summed E-state index contributed by atoms with van der Waals surface area (Å²) in [5, 5.41) is 3.78. The highest BCUT2D eigenvalue weighted by molar-refractivity contribution is 4.89. The Kier molecular flexibility index (Phi) is 7.25. The van der Waals surface area contributed by atoms with E-state index in [0.717, 1.165) is 18.0 Å². The van der Waals surface area contributed by atoms with Gasteiger partial charge in [0.05, 0.1) is 0 Å². The van der Waals surface area contributed by atoms with E-state index in [0.29, 0.717) is 6.04 Å². The predicted octanol–water partition coefficient (Wildman–Crippen LogP) is 3.66. The van der Waals surface area contributed by atoms with Crippen molar-refractivity contribution in [2.75, 3.05) is 13.1 Å². The SMILES string of the molecule is CCCC1CNC(CC(C)C)CN1C(CC)CC. The Balaban J connectivity index is 2.63. The van der Waals surface area contributed by atoms with E-state index in [1.807, 2.05) is 0 Å². The molecule has 1 fully saturated rings. The van der Waals surface area contributed by atoms with Crippen molar-refractivity contribution in [2.24, 2.45) is 5.92 Å². The Labute approximate surface area is 115 Å².